The van der Waals surface area contributed by atoms with E-state index in [0.29, 0.717) is 23.8 Å². The Balaban J connectivity index is 1.77. The van der Waals surface area contributed by atoms with E-state index in [1.807, 2.05) is 13.0 Å². The zero-order chi connectivity index (χ0) is 18.7. The second kappa shape index (κ2) is 7.61. The van der Waals surface area contributed by atoms with Crippen molar-refractivity contribution in [3.63, 3.8) is 0 Å². The molecule has 1 aliphatic rings. The number of primary amides is 1. The third-order valence-corrected chi connectivity index (χ3v) is 4.21. The van der Waals surface area contributed by atoms with E-state index in [-0.39, 0.29) is 18.7 Å². The SMILES string of the molecule is CC(NCc1ccc(OC(C)c2cccc(F)c2)c2c1OCO2)C(N)=O. The molecule has 0 saturated heterocycles. The van der Waals surface area contributed by atoms with Crippen molar-refractivity contribution in [1.29, 1.82) is 0 Å². The molecule has 1 amide bonds. The van der Waals surface area contributed by atoms with E-state index in [1.54, 1.807) is 25.1 Å². The Kier molecular flexibility index (Phi) is 5.27. The quantitative estimate of drug-likeness (QED) is 0.793. The van der Waals surface area contributed by atoms with Crippen LogP contribution in [0.2, 0.25) is 0 Å². The number of ether oxygens (including phenoxy) is 3. The summed E-state index contributed by atoms with van der Waals surface area (Å²) in [5, 5.41) is 3.03. The van der Waals surface area contributed by atoms with Crippen molar-refractivity contribution in [2.24, 2.45) is 5.73 Å². The Morgan fingerprint density at radius 1 is 1.27 bits per heavy atom. The van der Waals surface area contributed by atoms with Gasteiger partial charge in [0.25, 0.3) is 0 Å². The minimum Gasteiger partial charge on any atom is -0.482 e. The number of nitrogens with one attached hydrogen (secondary N) is 1. The standard InChI is InChI=1S/C19H21FN2O4/c1-11(19(21)23)22-9-14-6-7-16(18-17(14)24-10-25-18)26-12(2)13-4-3-5-15(20)8-13/h3-8,11-12,22H,9-10H2,1-2H3,(H2,21,23). The minimum absolute atomic E-state index is 0.0857. The summed E-state index contributed by atoms with van der Waals surface area (Å²) >= 11 is 0. The summed E-state index contributed by atoms with van der Waals surface area (Å²) in [5.74, 6) is 0.841. The third kappa shape index (κ3) is 3.88. The normalized spacial score (nSPS) is 14.7. The molecule has 2 unspecified atom stereocenters. The van der Waals surface area contributed by atoms with E-state index >= 15 is 0 Å². The van der Waals surface area contributed by atoms with Crippen LogP contribution in [-0.2, 0) is 11.3 Å². The third-order valence-electron chi connectivity index (χ3n) is 4.21. The molecule has 7 heteroatoms. The molecule has 0 spiro atoms. The van der Waals surface area contributed by atoms with Crippen LogP contribution in [0.25, 0.3) is 0 Å². The summed E-state index contributed by atoms with van der Waals surface area (Å²) in [6.07, 6.45) is -0.363. The van der Waals surface area contributed by atoms with Crippen molar-refractivity contribution >= 4 is 5.91 Å². The van der Waals surface area contributed by atoms with Crippen LogP contribution < -0.4 is 25.3 Å². The lowest BCUT2D eigenvalue weighted by Crippen LogP contribution is -2.38. The summed E-state index contributed by atoms with van der Waals surface area (Å²) in [6, 6.07) is 9.41. The van der Waals surface area contributed by atoms with Gasteiger partial charge in [-0.2, -0.15) is 0 Å². The summed E-state index contributed by atoms with van der Waals surface area (Å²) < 4.78 is 30.5. The first-order valence-electron chi connectivity index (χ1n) is 8.32. The maximum absolute atomic E-state index is 13.4. The van der Waals surface area contributed by atoms with Crippen LogP contribution in [-0.4, -0.2) is 18.7 Å². The fourth-order valence-corrected chi connectivity index (χ4v) is 2.64. The van der Waals surface area contributed by atoms with Gasteiger partial charge in [0.05, 0.1) is 6.04 Å². The van der Waals surface area contributed by atoms with Crippen molar-refractivity contribution in [2.45, 2.75) is 32.5 Å². The number of fused-ring (bicyclic) bond motifs is 1. The van der Waals surface area contributed by atoms with Gasteiger partial charge < -0.3 is 25.3 Å². The van der Waals surface area contributed by atoms with E-state index in [0.717, 1.165) is 11.1 Å². The first kappa shape index (κ1) is 18.0. The van der Waals surface area contributed by atoms with Crippen LogP contribution in [0, 0.1) is 5.82 Å². The Bertz CT molecular complexity index is 812. The highest BCUT2D eigenvalue weighted by atomic mass is 19.1. The Hall–Kier alpha value is -2.80. The zero-order valence-electron chi connectivity index (χ0n) is 14.6. The number of carbonyl (C=O) groups is 1. The van der Waals surface area contributed by atoms with Crippen LogP contribution >= 0.6 is 0 Å². The number of hydrogen-bond donors (Lipinski definition) is 2. The van der Waals surface area contributed by atoms with Gasteiger partial charge in [0.2, 0.25) is 18.4 Å². The zero-order valence-corrected chi connectivity index (χ0v) is 14.6. The predicted octanol–water partition coefficient (Wildman–Crippen LogP) is 2.66. The first-order valence-corrected chi connectivity index (χ1v) is 8.32. The highest BCUT2D eigenvalue weighted by Crippen LogP contribution is 2.44. The lowest BCUT2D eigenvalue weighted by atomic mass is 10.1. The number of nitrogens with two attached hydrogens (primary N) is 1. The van der Waals surface area contributed by atoms with Gasteiger partial charge in [-0.3, -0.25) is 4.79 Å². The van der Waals surface area contributed by atoms with Gasteiger partial charge >= 0.3 is 0 Å². The molecule has 3 N–H and O–H groups in total. The molecule has 138 valence electrons. The summed E-state index contributed by atoms with van der Waals surface area (Å²) in [6.45, 7) is 4.01. The molecule has 0 fully saturated rings. The number of rotatable bonds is 7. The maximum atomic E-state index is 13.4. The Morgan fingerprint density at radius 2 is 2.04 bits per heavy atom. The van der Waals surface area contributed by atoms with Gasteiger partial charge in [0, 0.05) is 12.1 Å². The second-order valence-electron chi connectivity index (χ2n) is 6.11. The highest BCUT2D eigenvalue weighted by Gasteiger charge is 2.24. The van der Waals surface area contributed by atoms with Crippen LogP contribution in [0.5, 0.6) is 17.2 Å². The van der Waals surface area contributed by atoms with Gasteiger partial charge in [-0.1, -0.05) is 18.2 Å². The van der Waals surface area contributed by atoms with Gasteiger partial charge in [0.15, 0.2) is 11.5 Å². The van der Waals surface area contributed by atoms with Crippen molar-refractivity contribution in [1.82, 2.24) is 5.32 Å². The number of benzene rings is 2. The second-order valence-corrected chi connectivity index (χ2v) is 6.11. The van der Waals surface area contributed by atoms with Crippen LogP contribution in [0.4, 0.5) is 4.39 Å². The van der Waals surface area contributed by atoms with E-state index in [4.69, 9.17) is 19.9 Å². The molecule has 0 aliphatic carbocycles. The van der Waals surface area contributed by atoms with Crippen molar-refractivity contribution in [3.8, 4) is 17.2 Å². The van der Waals surface area contributed by atoms with Crippen molar-refractivity contribution < 1.29 is 23.4 Å². The number of amides is 1. The smallest absolute Gasteiger partial charge is 0.234 e. The minimum atomic E-state index is -0.461. The Labute approximate surface area is 151 Å². The van der Waals surface area contributed by atoms with Gasteiger partial charge in [0.1, 0.15) is 11.9 Å². The average molecular weight is 360 g/mol. The topological polar surface area (TPSA) is 82.8 Å². The highest BCUT2D eigenvalue weighted by molar-refractivity contribution is 5.79. The van der Waals surface area contributed by atoms with Gasteiger partial charge in [-0.05, 0) is 37.6 Å². The van der Waals surface area contributed by atoms with Crippen molar-refractivity contribution in [2.75, 3.05) is 6.79 Å². The largest absolute Gasteiger partial charge is 0.482 e. The molecule has 1 aliphatic heterocycles. The molecule has 0 bridgehead atoms. The summed E-state index contributed by atoms with van der Waals surface area (Å²) in [7, 11) is 0. The predicted molar refractivity (Wildman–Crippen MR) is 93.5 cm³/mol. The molecule has 2 atom stereocenters. The number of halogens is 1. The molecular formula is C19H21FN2O4. The van der Waals surface area contributed by atoms with E-state index in [1.165, 1.54) is 12.1 Å². The number of carbonyl (C=O) groups excluding carboxylic acids is 1. The Morgan fingerprint density at radius 3 is 2.77 bits per heavy atom. The van der Waals surface area contributed by atoms with Crippen LogP contribution in [0.3, 0.4) is 0 Å². The lowest BCUT2D eigenvalue weighted by Gasteiger charge is -2.18. The fourth-order valence-electron chi connectivity index (χ4n) is 2.64. The average Bonchev–Trinajstić information content (AvgIpc) is 3.11. The molecule has 0 saturated carbocycles. The molecule has 2 aromatic carbocycles. The van der Waals surface area contributed by atoms with Gasteiger partial charge in [-0.15, -0.1) is 0 Å². The van der Waals surface area contributed by atoms with Crippen LogP contribution in [0.15, 0.2) is 36.4 Å². The van der Waals surface area contributed by atoms with E-state index in [2.05, 4.69) is 5.32 Å². The monoisotopic (exact) mass is 360 g/mol. The number of hydrogen-bond acceptors (Lipinski definition) is 5. The maximum Gasteiger partial charge on any atom is 0.234 e. The first-order chi connectivity index (χ1) is 12.5. The molecule has 1 heterocycles. The molecule has 26 heavy (non-hydrogen) atoms. The summed E-state index contributed by atoms with van der Waals surface area (Å²) in [5.41, 5.74) is 6.80. The van der Waals surface area contributed by atoms with Crippen LogP contribution in [0.1, 0.15) is 31.1 Å². The van der Waals surface area contributed by atoms with E-state index in [9.17, 15) is 9.18 Å². The molecule has 3 rings (SSSR count). The fraction of sp³-hybridized carbons (Fsp3) is 0.316. The molecule has 6 nitrogen and oxygen atoms in total. The van der Waals surface area contributed by atoms with E-state index < -0.39 is 11.9 Å². The van der Waals surface area contributed by atoms with Gasteiger partial charge in [-0.25, -0.2) is 4.39 Å². The molecule has 0 radical (unpaired) electrons. The molecule has 2 aromatic rings. The lowest BCUT2D eigenvalue weighted by molar-refractivity contribution is -0.119. The molecular weight excluding hydrogens is 339 g/mol. The molecule has 0 aromatic heterocycles. The van der Waals surface area contributed by atoms with Crippen molar-refractivity contribution in [3.05, 3.63) is 53.3 Å². The summed E-state index contributed by atoms with van der Waals surface area (Å²) in [4.78, 5) is 11.1.